The molecule has 0 saturated carbocycles. The minimum absolute atomic E-state index is 0.0114. The number of nitrogens with zero attached hydrogens (tertiary/aromatic N) is 2. The number of esters is 1. The molecule has 0 unspecified atom stereocenters. The number of rotatable bonds is 7. The maximum atomic E-state index is 13.8. The zero-order chi connectivity index (χ0) is 25.1. The summed E-state index contributed by atoms with van der Waals surface area (Å²) in [6.45, 7) is 5.97. The van der Waals surface area contributed by atoms with Crippen LogP contribution in [-0.4, -0.2) is 23.8 Å². The molecule has 0 spiro atoms. The van der Waals surface area contributed by atoms with Crippen LogP contribution >= 0.6 is 22.9 Å². The van der Waals surface area contributed by atoms with Crippen LogP contribution in [0.5, 0.6) is 5.75 Å². The van der Waals surface area contributed by atoms with Crippen LogP contribution < -0.4 is 19.6 Å². The van der Waals surface area contributed by atoms with Crippen molar-refractivity contribution < 1.29 is 14.3 Å². The van der Waals surface area contributed by atoms with Crippen LogP contribution in [0.1, 0.15) is 50.8 Å². The number of hydrogen-bond donors (Lipinski definition) is 0. The third-order valence-corrected chi connectivity index (χ3v) is 7.15. The number of halogens is 1. The van der Waals surface area contributed by atoms with Gasteiger partial charge in [-0.05, 0) is 49.6 Å². The van der Waals surface area contributed by atoms with Crippen LogP contribution in [0.15, 0.2) is 69.6 Å². The first kappa shape index (κ1) is 24.9. The molecule has 2 atom stereocenters. The summed E-state index contributed by atoms with van der Waals surface area (Å²) < 4.78 is 13.2. The Morgan fingerprint density at radius 1 is 1.23 bits per heavy atom. The molecule has 0 amide bonds. The predicted octanol–water partition coefficient (Wildman–Crippen LogP) is 4.63. The van der Waals surface area contributed by atoms with Gasteiger partial charge in [-0.3, -0.25) is 9.36 Å². The average Bonchev–Trinajstić information content (AvgIpc) is 3.18. The van der Waals surface area contributed by atoms with Gasteiger partial charge < -0.3 is 9.47 Å². The van der Waals surface area contributed by atoms with Gasteiger partial charge in [-0.1, -0.05) is 67.1 Å². The van der Waals surface area contributed by atoms with Crippen LogP contribution in [-0.2, 0) is 9.53 Å². The highest BCUT2D eigenvalue weighted by atomic mass is 35.5. The molecule has 1 aliphatic rings. The minimum atomic E-state index is -0.632. The highest BCUT2D eigenvalue weighted by Crippen LogP contribution is 2.32. The molecule has 2 aromatic carbocycles. The monoisotopic (exact) mass is 510 g/mol. The van der Waals surface area contributed by atoms with Crippen molar-refractivity contribution in [2.45, 2.75) is 45.8 Å². The molecule has 3 aromatic rings. The van der Waals surface area contributed by atoms with E-state index in [0.717, 1.165) is 12.0 Å². The normalized spacial score (nSPS) is 16.5. The van der Waals surface area contributed by atoms with Gasteiger partial charge in [0.1, 0.15) is 5.75 Å². The number of ether oxygens (including phenoxy) is 2. The largest absolute Gasteiger partial charge is 0.490 e. The summed E-state index contributed by atoms with van der Waals surface area (Å²) in [7, 11) is 1.34. The lowest BCUT2D eigenvalue weighted by Gasteiger charge is -2.25. The molecule has 4 rings (SSSR count). The van der Waals surface area contributed by atoms with Crippen LogP contribution in [0, 0.1) is 0 Å². The SMILES string of the molecule is CCC1=C(C(=O)OC)[C@H](c2ccccc2)n2c(s/c(=C/c3cc(Cl)ccc3O[C@H](C)CC)c2=O)=N1. The molecule has 2 heterocycles. The fourth-order valence-corrected chi connectivity index (χ4v) is 5.19. The van der Waals surface area contributed by atoms with E-state index in [-0.39, 0.29) is 11.7 Å². The Morgan fingerprint density at radius 3 is 2.63 bits per heavy atom. The van der Waals surface area contributed by atoms with Crippen molar-refractivity contribution in [3.63, 3.8) is 0 Å². The van der Waals surface area contributed by atoms with E-state index >= 15 is 0 Å². The number of fused-ring (bicyclic) bond motifs is 1. The number of carbonyl (C=O) groups is 1. The Bertz CT molecular complexity index is 1460. The number of methoxy groups -OCH3 is 1. The Hall–Kier alpha value is -3.16. The molecule has 1 aromatic heterocycles. The topological polar surface area (TPSA) is 69.9 Å². The molecule has 35 heavy (non-hydrogen) atoms. The maximum absolute atomic E-state index is 13.8. The molecular weight excluding hydrogens is 484 g/mol. The number of aromatic nitrogens is 1. The van der Waals surface area contributed by atoms with Crippen LogP contribution in [0.2, 0.25) is 5.02 Å². The lowest BCUT2D eigenvalue weighted by Crippen LogP contribution is -2.40. The molecule has 182 valence electrons. The fraction of sp³-hybridized carbons (Fsp3) is 0.296. The Balaban J connectivity index is 1.96. The van der Waals surface area contributed by atoms with Crippen molar-refractivity contribution in [3.05, 3.63) is 95.6 Å². The summed E-state index contributed by atoms with van der Waals surface area (Å²) in [5.74, 6) is 0.159. The Kier molecular flexibility index (Phi) is 7.57. The Morgan fingerprint density at radius 2 is 1.97 bits per heavy atom. The van der Waals surface area contributed by atoms with Crippen LogP contribution in [0.4, 0.5) is 0 Å². The summed E-state index contributed by atoms with van der Waals surface area (Å²) >= 11 is 7.55. The minimum Gasteiger partial charge on any atom is -0.490 e. The van der Waals surface area contributed by atoms with Crippen LogP contribution in [0.3, 0.4) is 0 Å². The van der Waals surface area contributed by atoms with E-state index in [1.54, 1.807) is 22.8 Å². The van der Waals surface area contributed by atoms with Crippen molar-refractivity contribution in [2.24, 2.45) is 4.99 Å². The summed E-state index contributed by atoms with van der Waals surface area (Å²) in [5.41, 5.74) is 2.27. The lowest BCUT2D eigenvalue weighted by molar-refractivity contribution is -0.136. The van der Waals surface area contributed by atoms with Gasteiger partial charge >= 0.3 is 5.97 Å². The van der Waals surface area contributed by atoms with Gasteiger partial charge in [-0.25, -0.2) is 9.79 Å². The summed E-state index contributed by atoms with van der Waals surface area (Å²) in [5, 5.41) is 0.545. The van der Waals surface area contributed by atoms with E-state index in [0.29, 0.717) is 43.4 Å². The first-order valence-electron chi connectivity index (χ1n) is 11.5. The van der Waals surface area contributed by atoms with Crippen molar-refractivity contribution in [2.75, 3.05) is 7.11 Å². The first-order valence-corrected chi connectivity index (χ1v) is 12.7. The number of hydrogen-bond acceptors (Lipinski definition) is 6. The third kappa shape index (κ3) is 4.97. The van der Waals surface area contributed by atoms with Gasteiger partial charge in [0.2, 0.25) is 0 Å². The predicted molar refractivity (Wildman–Crippen MR) is 139 cm³/mol. The quantitative estimate of drug-likeness (QED) is 0.434. The molecule has 0 N–H and O–H groups in total. The smallest absolute Gasteiger partial charge is 0.338 e. The van der Waals surface area contributed by atoms with Gasteiger partial charge in [0.05, 0.1) is 35.1 Å². The second kappa shape index (κ2) is 10.6. The van der Waals surface area contributed by atoms with Crippen molar-refractivity contribution in [1.29, 1.82) is 0 Å². The van der Waals surface area contributed by atoms with Gasteiger partial charge in [0.25, 0.3) is 5.56 Å². The molecule has 0 radical (unpaired) electrons. The molecule has 0 saturated heterocycles. The number of benzene rings is 2. The molecular formula is C27H27ClN2O4S. The third-order valence-electron chi connectivity index (χ3n) is 5.93. The van der Waals surface area contributed by atoms with E-state index < -0.39 is 12.0 Å². The lowest BCUT2D eigenvalue weighted by atomic mass is 9.95. The van der Waals surface area contributed by atoms with Crippen molar-refractivity contribution >= 4 is 35.0 Å². The van der Waals surface area contributed by atoms with Gasteiger partial charge in [-0.15, -0.1) is 0 Å². The fourth-order valence-electron chi connectivity index (χ4n) is 4.00. The number of carbonyl (C=O) groups excluding carboxylic acids is 1. The zero-order valence-corrected chi connectivity index (χ0v) is 21.7. The van der Waals surface area contributed by atoms with Crippen molar-refractivity contribution in [1.82, 2.24) is 4.57 Å². The molecule has 1 aliphatic heterocycles. The summed E-state index contributed by atoms with van der Waals surface area (Å²) in [6.07, 6.45) is 3.16. The molecule has 8 heteroatoms. The maximum Gasteiger partial charge on any atom is 0.338 e. The number of allylic oxidation sites excluding steroid dienone is 1. The second-order valence-electron chi connectivity index (χ2n) is 8.22. The van der Waals surface area contributed by atoms with E-state index in [9.17, 15) is 9.59 Å². The van der Waals surface area contributed by atoms with E-state index in [1.165, 1.54) is 18.4 Å². The highest BCUT2D eigenvalue weighted by Gasteiger charge is 2.33. The standard InChI is InChI=1S/C27H27ClN2O4S/c1-5-16(3)34-21-13-12-19(28)14-18(21)15-22-25(31)30-24(17-10-8-7-9-11-17)23(26(32)33-4)20(6-2)29-27(30)35-22/h7-16,24H,5-6H2,1-4H3/b22-15+/t16-,24+/m1/s1. The summed E-state index contributed by atoms with van der Waals surface area (Å²) in [6, 6.07) is 14.2. The van der Waals surface area contributed by atoms with E-state index in [2.05, 4.69) is 0 Å². The zero-order valence-electron chi connectivity index (χ0n) is 20.1. The second-order valence-corrected chi connectivity index (χ2v) is 9.66. The first-order chi connectivity index (χ1) is 16.9. The number of thiazole rings is 1. The van der Waals surface area contributed by atoms with E-state index in [1.807, 2.05) is 57.2 Å². The molecule has 0 aliphatic carbocycles. The van der Waals surface area contributed by atoms with Gasteiger partial charge in [0, 0.05) is 10.6 Å². The Labute approximate surface area is 212 Å². The van der Waals surface area contributed by atoms with E-state index in [4.69, 9.17) is 26.1 Å². The van der Waals surface area contributed by atoms with Gasteiger partial charge in [0.15, 0.2) is 4.80 Å². The molecule has 6 nitrogen and oxygen atoms in total. The molecule has 0 fully saturated rings. The van der Waals surface area contributed by atoms with Crippen molar-refractivity contribution in [3.8, 4) is 5.75 Å². The molecule has 0 bridgehead atoms. The summed E-state index contributed by atoms with van der Waals surface area (Å²) in [4.78, 5) is 31.9. The van der Waals surface area contributed by atoms with Gasteiger partial charge in [-0.2, -0.15) is 0 Å². The highest BCUT2D eigenvalue weighted by molar-refractivity contribution is 7.07. The average molecular weight is 511 g/mol. The van der Waals surface area contributed by atoms with Crippen LogP contribution in [0.25, 0.3) is 6.08 Å².